The Kier molecular flexibility index (Phi) is 2.07. The van der Waals surface area contributed by atoms with Crippen molar-refractivity contribution in [2.45, 2.75) is 19.8 Å². The van der Waals surface area contributed by atoms with Crippen LogP contribution in [0.3, 0.4) is 0 Å². The Morgan fingerprint density at radius 1 is 1.44 bits per heavy atom. The average Bonchev–Trinajstić information content (AvgIpc) is 2.81. The van der Waals surface area contributed by atoms with Crippen molar-refractivity contribution in [1.82, 2.24) is 9.78 Å². The lowest BCUT2D eigenvalue weighted by Crippen LogP contribution is -2.06. The molecule has 2 aromatic rings. The van der Waals surface area contributed by atoms with Crippen LogP contribution in [0.1, 0.15) is 16.0 Å². The van der Waals surface area contributed by atoms with E-state index in [0.717, 1.165) is 12.8 Å². The fraction of sp³-hybridized carbons (Fsp3) is 0.417. The molecule has 0 fully saturated rings. The molecule has 84 valence electrons. The van der Waals surface area contributed by atoms with Gasteiger partial charge in [0, 0.05) is 24.5 Å². The number of anilines is 1. The summed E-state index contributed by atoms with van der Waals surface area (Å²) in [6.45, 7) is 2.21. The summed E-state index contributed by atoms with van der Waals surface area (Å²) in [5.41, 5.74) is 5.57. The van der Waals surface area contributed by atoms with E-state index < -0.39 is 0 Å². The van der Waals surface area contributed by atoms with Crippen LogP contribution in [0.5, 0.6) is 0 Å². The molecule has 0 radical (unpaired) electrons. The van der Waals surface area contributed by atoms with Gasteiger partial charge in [-0.15, -0.1) is 11.3 Å². The minimum Gasteiger partial charge on any atom is -0.379 e. The van der Waals surface area contributed by atoms with Crippen LogP contribution in [0.4, 0.5) is 5.00 Å². The molecule has 0 saturated carbocycles. The molecule has 0 saturated heterocycles. The largest absolute Gasteiger partial charge is 0.379 e. The van der Waals surface area contributed by atoms with E-state index >= 15 is 0 Å². The molecule has 2 aromatic heterocycles. The van der Waals surface area contributed by atoms with Crippen molar-refractivity contribution in [1.29, 1.82) is 0 Å². The summed E-state index contributed by atoms with van der Waals surface area (Å²) in [5, 5.41) is 8.96. The second-order valence-corrected chi connectivity index (χ2v) is 5.46. The molecule has 3 rings (SSSR count). The van der Waals surface area contributed by atoms with Crippen LogP contribution >= 0.6 is 11.3 Å². The SMILES string of the molecule is CNc1sc(C)c2c1-c1c(cnn1C)CC2. The molecule has 3 nitrogen and oxygen atoms in total. The number of nitrogens with zero attached hydrogens (tertiary/aromatic N) is 2. The second-order valence-electron chi connectivity index (χ2n) is 4.23. The van der Waals surface area contributed by atoms with Gasteiger partial charge < -0.3 is 5.32 Å². The second kappa shape index (κ2) is 3.35. The Balaban J connectivity index is 2.33. The maximum Gasteiger partial charge on any atom is 0.0981 e. The quantitative estimate of drug-likeness (QED) is 0.820. The zero-order chi connectivity index (χ0) is 11.3. The van der Waals surface area contributed by atoms with Gasteiger partial charge in [-0.2, -0.15) is 5.10 Å². The van der Waals surface area contributed by atoms with Crippen molar-refractivity contribution >= 4 is 16.3 Å². The molecule has 2 heterocycles. The minimum atomic E-state index is 1.12. The van der Waals surface area contributed by atoms with E-state index in [1.165, 1.54) is 32.3 Å². The van der Waals surface area contributed by atoms with Crippen molar-refractivity contribution in [3.63, 3.8) is 0 Å². The van der Waals surface area contributed by atoms with Gasteiger partial charge in [-0.3, -0.25) is 4.68 Å². The van der Waals surface area contributed by atoms with Crippen LogP contribution in [-0.2, 0) is 19.9 Å². The van der Waals surface area contributed by atoms with Crippen molar-refractivity contribution in [3.05, 3.63) is 22.2 Å². The monoisotopic (exact) mass is 233 g/mol. The Hall–Kier alpha value is -1.29. The van der Waals surface area contributed by atoms with E-state index in [2.05, 4.69) is 17.3 Å². The summed E-state index contributed by atoms with van der Waals surface area (Å²) in [5.74, 6) is 0. The molecule has 16 heavy (non-hydrogen) atoms. The highest BCUT2D eigenvalue weighted by molar-refractivity contribution is 7.16. The topological polar surface area (TPSA) is 29.9 Å². The van der Waals surface area contributed by atoms with Gasteiger partial charge in [0.2, 0.25) is 0 Å². The summed E-state index contributed by atoms with van der Waals surface area (Å²) in [4.78, 5) is 1.44. The van der Waals surface area contributed by atoms with Crippen molar-refractivity contribution in [2.75, 3.05) is 12.4 Å². The maximum atomic E-state index is 4.38. The smallest absolute Gasteiger partial charge is 0.0981 e. The first kappa shape index (κ1) is 9.90. The molecule has 0 bridgehead atoms. The molecule has 0 unspecified atom stereocenters. The number of thiophene rings is 1. The summed E-state index contributed by atoms with van der Waals surface area (Å²) in [6, 6.07) is 0. The summed E-state index contributed by atoms with van der Waals surface area (Å²) in [6.07, 6.45) is 4.28. The lowest BCUT2D eigenvalue weighted by molar-refractivity contribution is 0.771. The fourth-order valence-corrected chi connectivity index (χ4v) is 3.61. The van der Waals surface area contributed by atoms with Crippen LogP contribution < -0.4 is 5.32 Å². The molecule has 1 N–H and O–H groups in total. The Labute approximate surface area is 99.1 Å². The molecule has 0 aliphatic heterocycles. The predicted molar refractivity (Wildman–Crippen MR) is 68.2 cm³/mol. The van der Waals surface area contributed by atoms with Crippen LogP contribution in [0.15, 0.2) is 6.20 Å². The molecule has 4 heteroatoms. The number of nitrogens with one attached hydrogen (secondary N) is 1. The third-order valence-electron chi connectivity index (χ3n) is 3.33. The standard InChI is InChI=1S/C12H15N3S/c1-7-9-5-4-8-6-14-15(3)11(8)10(9)12(13-2)16-7/h6,13H,4-5H2,1-3H3. The number of fused-ring (bicyclic) bond motifs is 3. The van der Waals surface area contributed by atoms with E-state index in [9.17, 15) is 0 Å². The van der Waals surface area contributed by atoms with E-state index in [0.29, 0.717) is 0 Å². The lowest BCUT2D eigenvalue weighted by atomic mass is 9.92. The summed E-state index contributed by atoms with van der Waals surface area (Å²) < 4.78 is 2.00. The third kappa shape index (κ3) is 1.16. The van der Waals surface area contributed by atoms with Gasteiger partial charge >= 0.3 is 0 Å². The highest BCUT2D eigenvalue weighted by Gasteiger charge is 2.25. The van der Waals surface area contributed by atoms with Gasteiger partial charge in [0.05, 0.1) is 16.9 Å². The normalized spacial score (nSPS) is 13.4. The zero-order valence-electron chi connectivity index (χ0n) is 9.79. The first-order chi connectivity index (χ1) is 7.72. The molecule has 0 atom stereocenters. The maximum absolute atomic E-state index is 4.38. The predicted octanol–water partition coefficient (Wildman–Crippen LogP) is 2.60. The van der Waals surface area contributed by atoms with E-state index in [-0.39, 0.29) is 0 Å². The van der Waals surface area contributed by atoms with Crippen molar-refractivity contribution in [2.24, 2.45) is 7.05 Å². The molecule has 0 aromatic carbocycles. The van der Waals surface area contributed by atoms with Gasteiger partial charge in [-0.05, 0) is 30.9 Å². The van der Waals surface area contributed by atoms with Crippen LogP contribution in [0, 0.1) is 6.92 Å². The van der Waals surface area contributed by atoms with Crippen LogP contribution in [0.25, 0.3) is 11.3 Å². The highest BCUT2D eigenvalue weighted by atomic mass is 32.1. The number of aromatic nitrogens is 2. The Morgan fingerprint density at radius 3 is 3.00 bits per heavy atom. The van der Waals surface area contributed by atoms with Crippen molar-refractivity contribution < 1.29 is 0 Å². The lowest BCUT2D eigenvalue weighted by Gasteiger charge is -2.15. The van der Waals surface area contributed by atoms with Gasteiger partial charge in [0.25, 0.3) is 0 Å². The van der Waals surface area contributed by atoms with Crippen LogP contribution in [0.2, 0.25) is 0 Å². The van der Waals surface area contributed by atoms with E-state index in [1.807, 2.05) is 36.3 Å². The zero-order valence-corrected chi connectivity index (χ0v) is 10.6. The average molecular weight is 233 g/mol. The Morgan fingerprint density at radius 2 is 2.25 bits per heavy atom. The van der Waals surface area contributed by atoms with Gasteiger partial charge in [0.15, 0.2) is 0 Å². The van der Waals surface area contributed by atoms with Gasteiger partial charge in [-0.25, -0.2) is 0 Å². The molecule has 0 amide bonds. The number of rotatable bonds is 1. The van der Waals surface area contributed by atoms with Crippen LogP contribution in [-0.4, -0.2) is 16.8 Å². The summed E-state index contributed by atoms with van der Waals surface area (Å²) in [7, 11) is 4.02. The van der Waals surface area contributed by atoms with Gasteiger partial charge in [-0.1, -0.05) is 0 Å². The molecule has 0 spiro atoms. The number of aryl methyl sites for hydroxylation is 3. The number of hydrogen-bond acceptors (Lipinski definition) is 3. The van der Waals surface area contributed by atoms with E-state index in [1.54, 1.807) is 0 Å². The molecular weight excluding hydrogens is 218 g/mol. The van der Waals surface area contributed by atoms with Crippen molar-refractivity contribution in [3.8, 4) is 11.3 Å². The third-order valence-corrected chi connectivity index (χ3v) is 4.50. The minimum absolute atomic E-state index is 1.12. The molecular formula is C12H15N3S. The van der Waals surface area contributed by atoms with Gasteiger partial charge in [0.1, 0.15) is 0 Å². The summed E-state index contributed by atoms with van der Waals surface area (Å²) >= 11 is 1.85. The highest BCUT2D eigenvalue weighted by Crippen LogP contribution is 2.44. The van der Waals surface area contributed by atoms with E-state index in [4.69, 9.17) is 0 Å². The fourth-order valence-electron chi connectivity index (χ4n) is 2.55. The number of hydrogen-bond donors (Lipinski definition) is 1. The molecule has 1 aliphatic carbocycles. The first-order valence-corrected chi connectivity index (χ1v) is 6.35. The Bertz CT molecular complexity index is 551. The molecule has 1 aliphatic rings. The first-order valence-electron chi connectivity index (χ1n) is 5.53.